The lowest BCUT2D eigenvalue weighted by atomic mass is 9.74. The summed E-state index contributed by atoms with van der Waals surface area (Å²) >= 11 is 0. The quantitative estimate of drug-likeness (QED) is 0.203. The van der Waals surface area contributed by atoms with Gasteiger partial charge in [0, 0.05) is 56.9 Å². The second kappa shape index (κ2) is 17.0. The molecule has 0 spiro atoms. The Morgan fingerprint density at radius 3 is 1.62 bits per heavy atom. The van der Waals surface area contributed by atoms with Crippen molar-refractivity contribution in [2.75, 3.05) is 0 Å². The Morgan fingerprint density at radius 2 is 1.13 bits per heavy atom. The van der Waals surface area contributed by atoms with Crippen LogP contribution in [0.2, 0.25) is 0 Å². The number of rotatable bonds is 8. The Morgan fingerprint density at radius 1 is 0.636 bits per heavy atom. The molecule has 0 unspecified atom stereocenters. The Hall–Kier alpha value is -5.30. The zero-order valence-corrected chi connectivity index (χ0v) is 32.6. The lowest BCUT2D eigenvalue weighted by molar-refractivity contribution is -0.197. The molecule has 0 radical (unpaired) electrons. The monoisotopic (exact) mass is 762 g/mol. The van der Waals surface area contributed by atoms with E-state index in [4.69, 9.17) is 28.4 Å². The number of aliphatic hydroxyl groups is 1. The summed E-state index contributed by atoms with van der Waals surface area (Å²) in [4.78, 5) is 79.1. The average molecular weight is 763 g/mol. The molecular weight excluding hydrogens is 712 g/mol. The first-order chi connectivity index (χ1) is 25.7. The van der Waals surface area contributed by atoms with Crippen molar-refractivity contribution >= 4 is 35.8 Å². The lowest BCUT2D eigenvalue weighted by Crippen LogP contribution is -2.59. The third kappa shape index (κ3) is 9.88. The van der Waals surface area contributed by atoms with Crippen LogP contribution in [0.25, 0.3) is 0 Å². The molecule has 1 N–H and O–H groups in total. The van der Waals surface area contributed by atoms with Crippen molar-refractivity contribution in [1.82, 2.24) is 0 Å². The van der Waals surface area contributed by atoms with Crippen LogP contribution >= 0.6 is 0 Å². The molecule has 4 rings (SSSR count). The summed E-state index contributed by atoms with van der Waals surface area (Å²) in [6, 6.07) is 16.0. The highest BCUT2D eigenvalue weighted by molar-refractivity contribution is 5.90. The molecule has 1 saturated carbocycles. The van der Waals surface area contributed by atoms with E-state index in [2.05, 4.69) is 0 Å². The number of ether oxygens (including phenoxy) is 6. The molecule has 0 bridgehead atoms. The standard InChI is InChI=1S/C42H50O13/c1-24-20-21-40(7,8)36(52-28(5)45)34(50-26(3)43)37(54-39(48)31-18-14-11-15-19-31)41(9,49)23-32-33(53-38(47)30-16-12-10-13-17-30)25(2)22-42(32,55-29(6)46)35(24)51-27(4)44/h10-21,23-25,33-37,49H,22H2,1-9H3/b21-20+,32-23+/t24-,25-,33-,34+,35-,36+,37+,41-,42+/m0/s1. The van der Waals surface area contributed by atoms with E-state index in [0.717, 1.165) is 13.8 Å². The van der Waals surface area contributed by atoms with Gasteiger partial charge in [-0.1, -0.05) is 76.2 Å². The summed E-state index contributed by atoms with van der Waals surface area (Å²) in [5.74, 6) is -6.12. The van der Waals surface area contributed by atoms with E-state index in [0.29, 0.717) is 0 Å². The van der Waals surface area contributed by atoms with Crippen LogP contribution in [0.3, 0.4) is 0 Å². The second-order valence-corrected chi connectivity index (χ2v) is 15.0. The fourth-order valence-electron chi connectivity index (χ4n) is 7.46. The highest BCUT2D eigenvalue weighted by Crippen LogP contribution is 2.51. The first kappa shape index (κ1) is 42.4. The minimum atomic E-state index is -2.39. The molecule has 0 amide bonds. The molecule has 0 saturated heterocycles. The fourth-order valence-corrected chi connectivity index (χ4v) is 7.46. The Kier molecular flexibility index (Phi) is 13.1. The lowest BCUT2D eigenvalue weighted by Gasteiger charge is -2.45. The molecule has 55 heavy (non-hydrogen) atoms. The summed E-state index contributed by atoms with van der Waals surface area (Å²) < 4.78 is 36.1. The van der Waals surface area contributed by atoms with Crippen molar-refractivity contribution in [3.63, 3.8) is 0 Å². The van der Waals surface area contributed by atoms with Crippen LogP contribution in [-0.2, 0) is 47.6 Å². The van der Waals surface area contributed by atoms with E-state index in [1.165, 1.54) is 39.0 Å². The van der Waals surface area contributed by atoms with Crippen molar-refractivity contribution in [1.29, 1.82) is 0 Å². The molecule has 296 valence electrons. The SMILES string of the molecule is CC(=O)O[C@@H]1[C@@H](OC(C)=O)C(C)(C)/C=C/[C@H](C)[C@H](OC(C)=O)[C@@]2(OC(C)=O)C[C@H](C)[C@H](OC(=O)c3ccccc3)/C2=C\[C@](C)(O)[C@@H]1OC(=O)c1ccccc1. The van der Waals surface area contributed by atoms with Crippen molar-refractivity contribution in [2.24, 2.45) is 17.3 Å². The molecule has 2 aromatic rings. The van der Waals surface area contributed by atoms with E-state index in [-0.39, 0.29) is 23.1 Å². The predicted octanol–water partition coefficient (Wildman–Crippen LogP) is 5.48. The third-order valence-corrected chi connectivity index (χ3v) is 9.76. The summed E-state index contributed by atoms with van der Waals surface area (Å²) in [5, 5.41) is 12.8. The average Bonchev–Trinajstić information content (AvgIpc) is 3.34. The molecule has 2 aliphatic carbocycles. The van der Waals surface area contributed by atoms with Gasteiger partial charge in [-0.2, -0.15) is 0 Å². The highest BCUT2D eigenvalue weighted by atomic mass is 16.6. The summed E-state index contributed by atoms with van der Waals surface area (Å²) in [6.45, 7) is 12.7. The number of fused-ring (bicyclic) bond motifs is 1. The smallest absolute Gasteiger partial charge is 0.338 e. The van der Waals surface area contributed by atoms with E-state index in [9.17, 15) is 33.9 Å². The van der Waals surface area contributed by atoms with Gasteiger partial charge in [0.2, 0.25) is 0 Å². The van der Waals surface area contributed by atoms with Crippen molar-refractivity contribution in [3.8, 4) is 0 Å². The normalized spacial score (nSPS) is 31.7. The molecular formula is C42H50O13. The minimum absolute atomic E-state index is 0.0159. The van der Waals surface area contributed by atoms with Crippen LogP contribution < -0.4 is 0 Å². The number of esters is 6. The first-order valence-corrected chi connectivity index (χ1v) is 18.1. The van der Waals surface area contributed by atoms with Gasteiger partial charge in [-0.3, -0.25) is 19.2 Å². The van der Waals surface area contributed by atoms with Gasteiger partial charge in [0.25, 0.3) is 0 Å². The maximum Gasteiger partial charge on any atom is 0.338 e. The molecule has 13 heteroatoms. The summed E-state index contributed by atoms with van der Waals surface area (Å²) in [6.07, 6.45) is -2.86. The largest absolute Gasteiger partial charge is 0.458 e. The number of hydrogen-bond donors (Lipinski definition) is 1. The van der Waals surface area contributed by atoms with E-state index >= 15 is 0 Å². The minimum Gasteiger partial charge on any atom is -0.458 e. The Labute approximate surface area is 320 Å². The van der Waals surface area contributed by atoms with E-state index < -0.39 is 94.8 Å². The van der Waals surface area contributed by atoms with Crippen LogP contribution in [0.5, 0.6) is 0 Å². The summed E-state index contributed by atoms with van der Waals surface area (Å²) in [7, 11) is 0. The van der Waals surface area contributed by atoms with Gasteiger partial charge in [-0.05, 0) is 37.3 Å². The highest BCUT2D eigenvalue weighted by Gasteiger charge is 2.61. The van der Waals surface area contributed by atoms with Crippen molar-refractivity contribution < 1.29 is 62.3 Å². The van der Waals surface area contributed by atoms with Crippen molar-refractivity contribution in [3.05, 3.63) is 95.6 Å². The van der Waals surface area contributed by atoms with Gasteiger partial charge in [-0.15, -0.1) is 0 Å². The second-order valence-electron chi connectivity index (χ2n) is 15.0. The van der Waals surface area contributed by atoms with E-state index in [1.807, 2.05) is 0 Å². The van der Waals surface area contributed by atoms with Gasteiger partial charge in [0.15, 0.2) is 30.0 Å². The van der Waals surface area contributed by atoms with Crippen LogP contribution in [0.15, 0.2) is 84.5 Å². The molecule has 0 aromatic heterocycles. The maximum absolute atomic E-state index is 13.9. The van der Waals surface area contributed by atoms with Crippen molar-refractivity contribution in [2.45, 2.75) is 110 Å². The number of carbonyl (C=O) groups is 6. The molecule has 0 heterocycles. The Balaban J connectivity index is 2.12. The van der Waals surface area contributed by atoms with Crippen LogP contribution in [-0.4, -0.2) is 82.6 Å². The number of hydrogen-bond acceptors (Lipinski definition) is 13. The fraction of sp³-hybridized carbons (Fsp3) is 0.476. The third-order valence-electron chi connectivity index (χ3n) is 9.76. The van der Waals surface area contributed by atoms with Crippen LogP contribution in [0, 0.1) is 17.3 Å². The van der Waals surface area contributed by atoms with E-state index in [1.54, 1.807) is 88.4 Å². The van der Waals surface area contributed by atoms with Gasteiger partial charge in [0.1, 0.15) is 11.7 Å². The molecule has 2 aliphatic rings. The zero-order valence-electron chi connectivity index (χ0n) is 32.6. The van der Waals surface area contributed by atoms with Gasteiger partial charge >= 0.3 is 35.8 Å². The first-order valence-electron chi connectivity index (χ1n) is 18.1. The number of carbonyl (C=O) groups excluding carboxylic acids is 6. The maximum atomic E-state index is 13.9. The van der Waals surface area contributed by atoms with Crippen LogP contribution in [0.4, 0.5) is 0 Å². The summed E-state index contributed by atoms with van der Waals surface area (Å²) in [5.41, 5.74) is -5.18. The van der Waals surface area contributed by atoms with Gasteiger partial charge in [-0.25, -0.2) is 9.59 Å². The van der Waals surface area contributed by atoms with Gasteiger partial charge in [0.05, 0.1) is 11.1 Å². The molecule has 13 nitrogen and oxygen atoms in total. The molecule has 1 fully saturated rings. The topological polar surface area (TPSA) is 178 Å². The Bertz CT molecular complexity index is 1810. The zero-order chi connectivity index (χ0) is 40.9. The van der Waals surface area contributed by atoms with Gasteiger partial charge < -0.3 is 33.5 Å². The predicted molar refractivity (Wildman–Crippen MR) is 197 cm³/mol. The molecule has 0 aliphatic heterocycles. The molecule has 2 aromatic carbocycles. The molecule has 9 atom stereocenters. The number of benzene rings is 2. The van der Waals surface area contributed by atoms with Crippen LogP contribution in [0.1, 0.15) is 89.5 Å².